The molecule has 94 valence electrons. The lowest BCUT2D eigenvalue weighted by atomic mass is 10.3. The molecule has 0 radical (unpaired) electrons. The molecule has 0 spiro atoms. The molecule has 0 aliphatic carbocycles. The smallest absolute Gasteiger partial charge is 0.276 e. The highest BCUT2D eigenvalue weighted by Gasteiger charge is 2.14. The van der Waals surface area contributed by atoms with Crippen LogP contribution in [0.1, 0.15) is 11.6 Å². The molecule has 0 bridgehead atoms. The summed E-state index contributed by atoms with van der Waals surface area (Å²) >= 11 is 0. The van der Waals surface area contributed by atoms with Gasteiger partial charge in [0.2, 0.25) is 0 Å². The molecule has 0 aliphatic heterocycles. The highest BCUT2D eigenvalue weighted by molar-refractivity contribution is 5.50. The van der Waals surface area contributed by atoms with Crippen molar-refractivity contribution in [3.05, 3.63) is 33.9 Å². The normalized spacial score (nSPS) is 10.4. The lowest BCUT2D eigenvalue weighted by Gasteiger charge is -2.05. The number of anilines is 1. The van der Waals surface area contributed by atoms with Gasteiger partial charge in [-0.05, 0) is 13.8 Å². The molecular formula is C10H12N6O2. The van der Waals surface area contributed by atoms with Gasteiger partial charge in [-0.2, -0.15) is 4.68 Å². The monoisotopic (exact) mass is 248 g/mol. The van der Waals surface area contributed by atoms with Gasteiger partial charge < -0.3 is 5.32 Å². The van der Waals surface area contributed by atoms with Crippen LogP contribution >= 0.6 is 0 Å². The number of nitrogens with one attached hydrogen (secondary N) is 1. The first-order valence-corrected chi connectivity index (χ1v) is 5.26. The second-order valence-electron chi connectivity index (χ2n) is 3.69. The quantitative estimate of drug-likeness (QED) is 0.647. The molecule has 2 aromatic rings. The Balaban J connectivity index is 2.60. The molecule has 8 heteroatoms. The maximum Gasteiger partial charge on any atom is 0.276 e. The Labute approximate surface area is 103 Å². The van der Waals surface area contributed by atoms with E-state index in [1.54, 1.807) is 20.9 Å². The van der Waals surface area contributed by atoms with Gasteiger partial charge in [0.15, 0.2) is 5.82 Å². The van der Waals surface area contributed by atoms with Crippen molar-refractivity contribution in [2.24, 2.45) is 0 Å². The van der Waals surface area contributed by atoms with E-state index in [1.807, 2.05) is 0 Å². The third kappa shape index (κ3) is 2.12. The van der Waals surface area contributed by atoms with Crippen LogP contribution < -0.4 is 5.32 Å². The van der Waals surface area contributed by atoms with E-state index in [-0.39, 0.29) is 5.69 Å². The average Bonchev–Trinajstić information content (AvgIpc) is 2.67. The van der Waals surface area contributed by atoms with E-state index in [9.17, 15) is 10.1 Å². The SMILES string of the molecule is CNc1cc([N+](=O)[O-])cc(-n2nc(C)nc2C)n1. The van der Waals surface area contributed by atoms with E-state index in [0.717, 1.165) is 0 Å². The van der Waals surface area contributed by atoms with Crippen molar-refractivity contribution in [2.75, 3.05) is 12.4 Å². The maximum absolute atomic E-state index is 10.8. The van der Waals surface area contributed by atoms with Crippen LogP contribution in [0.3, 0.4) is 0 Å². The van der Waals surface area contributed by atoms with Gasteiger partial charge in [0.1, 0.15) is 17.5 Å². The molecule has 0 aliphatic rings. The summed E-state index contributed by atoms with van der Waals surface area (Å²) in [4.78, 5) is 18.7. The number of nitrogens with zero attached hydrogens (tertiary/aromatic N) is 5. The molecule has 8 nitrogen and oxygen atoms in total. The molecule has 0 saturated heterocycles. The minimum absolute atomic E-state index is 0.0445. The number of nitro groups is 1. The summed E-state index contributed by atoms with van der Waals surface area (Å²) in [5.74, 6) is 1.99. The van der Waals surface area contributed by atoms with Crippen LogP contribution in [0.15, 0.2) is 12.1 Å². The van der Waals surface area contributed by atoms with Gasteiger partial charge in [0.05, 0.1) is 17.1 Å². The molecule has 0 amide bonds. The molecule has 2 heterocycles. The molecule has 0 fully saturated rings. The minimum Gasteiger partial charge on any atom is -0.373 e. The standard InChI is InChI=1S/C10H12N6O2/c1-6-12-7(2)15(14-6)10-5-8(16(17)18)4-9(11-3)13-10/h4-5H,1-3H3,(H,11,13). The van der Waals surface area contributed by atoms with Gasteiger partial charge in [0, 0.05) is 7.05 Å². The third-order valence-electron chi connectivity index (χ3n) is 2.36. The first-order valence-electron chi connectivity index (χ1n) is 5.26. The van der Waals surface area contributed by atoms with Crippen molar-refractivity contribution >= 4 is 11.5 Å². The summed E-state index contributed by atoms with van der Waals surface area (Å²) in [5, 5.41) is 17.8. The largest absolute Gasteiger partial charge is 0.373 e. The number of aromatic nitrogens is 4. The molecule has 0 unspecified atom stereocenters. The number of hydrogen-bond acceptors (Lipinski definition) is 6. The molecule has 0 aromatic carbocycles. The van der Waals surface area contributed by atoms with E-state index in [0.29, 0.717) is 23.3 Å². The molecule has 18 heavy (non-hydrogen) atoms. The second kappa shape index (κ2) is 4.40. The molecule has 2 aromatic heterocycles. The van der Waals surface area contributed by atoms with Crippen LogP contribution in [-0.4, -0.2) is 31.7 Å². The van der Waals surface area contributed by atoms with E-state index in [1.165, 1.54) is 16.8 Å². The Morgan fingerprint density at radius 1 is 1.33 bits per heavy atom. The summed E-state index contributed by atoms with van der Waals surface area (Å²) < 4.78 is 1.48. The van der Waals surface area contributed by atoms with Crippen LogP contribution in [0.5, 0.6) is 0 Å². The van der Waals surface area contributed by atoms with Crippen LogP contribution in [-0.2, 0) is 0 Å². The van der Waals surface area contributed by atoms with Gasteiger partial charge in [0.25, 0.3) is 5.69 Å². The fourth-order valence-electron chi connectivity index (χ4n) is 1.58. The highest BCUT2D eigenvalue weighted by atomic mass is 16.6. The zero-order chi connectivity index (χ0) is 13.3. The summed E-state index contributed by atoms with van der Waals surface area (Å²) in [7, 11) is 1.65. The Morgan fingerprint density at radius 2 is 2.06 bits per heavy atom. The molecule has 0 saturated carbocycles. The number of pyridine rings is 1. The summed E-state index contributed by atoms with van der Waals surface area (Å²) in [6.45, 7) is 3.51. The van der Waals surface area contributed by atoms with Gasteiger partial charge >= 0.3 is 0 Å². The second-order valence-corrected chi connectivity index (χ2v) is 3.69. The lowest BCUT2D eigenvalue weighted by molar-refractivity contribution is -0.384. The number of aryl methyl sites for hydroxylation is 2. The Bertz CT molecular complexity index is 606. The van der Waals surface area contributed by atoms with E-state index < -0.39 is 4.92 Å². The molecule has 2 rings (SSSR count). The topological polar surface area (TPSA) is 98.8 Å². The van der Waals surface area contributed by atoms with Crippen molar-refractivity contribution < 1.29 is 4.92 Å². The predicted molar refractivity (Wildman–Crippen MR) is 64.8 cm³/mol. The van der Waals surface area contributed by atoms with Crippen LogP contribution in [0.4, 0.5) is 11.5 Å². The van der Waals surface area contributed by atoms with Crippen molar-refractivity contribution in [3.8, 4) is 5.82 Å². The molecule has 1 N–H and O–H groups in total. The number of hydrogen-bond donors (Lipinski definition) is 1. The first-order chi connectivity index (χ1) is 8.51. The predicted octanol–water partition coefficient (Wildman–Crippen LogP) is 1.23. The van der Waals surface area contributed by atoms with E-state index in [4.69, 9.17) is 0 Å². The number of rotatable bonds is 3. The van der Waals surface area contributed by atoms with E-state index >= 15 is 0 Å². The van der Waals surface area contributed by atoms with Crippen LogP contribution in [0.25, 0.3) is 5.82 Å². The highest BCUT2D eigenvalue weighted by Crippen LogP contribution is 2.20. The zero-order valence-corrected chi connectivity index (χ0v) is 10.2. The summed E-state index contributed by atoms with van der Waals surface area (Å²) in [6, 6.07) is 2.73. The van der Waals surface area contributed by atoms with Gasteiger partial charge in [-0.25, -0.2) is 9.97 Å². The fraction of sp³-hybridized carbons (Fsp3) is 0.300. The fourth-order valence-corrected chi connectivity index (χ4v) is 1.58. The maximum atomic E-state index is 10.8. The van der Waals surface area contributed by atoms with Crippen molar-refractivity contribution in [1.82, 2.24) is 19.7 Å². The van der Waals surface area contributed by atoms with Crippen molar-refractivity contribution in [3.63, 3.8) is 0 Å². The molecular weight excluding hydrogens is 236 g/mol. The Morgan fingerprint density at radius 3 is 2.56 bits per heavy atom. The van der Waals surface area contributed by atoms with Gasteiger partial charge in [-0.1, -0.05) is 0 Å². The lowest BCUT2D eigenvalue weighted by Crippen LogP contribution is -2.05. The van der Waals surface area contributed by atoms with Gasteiger partial charge in [-0.3, -0.25) is 10.1 Å². The van der Waals surface area contributed by atoms with E-state index in [2.05, 4.69) is 20.4 Å². The van der Waals surface area contributed by atoms with Crippen LogP contribution in [0, 0.1) is 24.0 Å². The zero-order valence-electron chi connectivity index (χ0n) is 10.2. The summed E-state index contributed by atoms with van der Waals surface area (Å²) in [5.41, 5.74) is -0.0445. The van der Waals surface area contributed by atoms with Crippen molar-refractivity contribution in [1.29, 1.82) is 0 Å². The minimum atomic E-state index is -0.467. The average molecular weight is 248 g/mol. The van der Waals surface area contributed by atoms with Crippen molar-refractivity contribution in [2.45, 2.75) is 13.8 Å². The first kappa shape index (κ1) is 12.0. The Kier molecular flexibility index (Phi) is 2.92. The van der Waals surface area contributed by atoms with Crippen LogP contribution in [0.2, 0.25) is 0 Å². The third-order valence-corrected chi connectivity index (χ3v) is 2.36. The Hall–Kier alpha value is -2.51. The van der Waals surface area contributed by atoms with Gasteiger partial charge in [-0.15, -0.1) is 5.10 Å². The molecule has 0 atom stereocenters. The summed E-state index contributed by atoms with van der Waals surface area (Å²) in [6.07, 6.45) is 0.